The van der Waals surface area contributed by atoms with Crippen molar-refractivity contribution in [2.45, 2.75) is 52.5 Å². The van der Waals surface area contributed by atoms with Gasteiger partial charge < -0.3 is 10.1 Å². The molecule has 0 aromatic heterocycles. The Balaban J connectivity index is 2.60. The van der Waals surface area contributed by atoms with Crippen LogP contribution in [0.1, 0.15) is 58.1 Å². The molecular weight excluding hydrogens is 258 g/mol. The van der Waals surface area contributed by atoms with E-state index < -0.39 is 0 Å². The summed E-state index contributed by atoms with van der Waals surface area (Å²) in [5.74, 6) is 0.953. The molecular formula is C16H26ClNO. The zero-order valence-corrected chi connectivity index (χ0v) is 13.1. The molecule has 3 heteroatoms. The quantitative estimate of drug-likeness (QED) is 0.646. The van der Waals surface area contributed by atoms with Crippen LogP contribution in [0.4, 0.5) is 0 Å². The highest BCUT2D eigenvalue weighted by molar-refractivity contribution is 6.30. The van der Waals surface area contributed by atoms with Crippen LogP contribution in [0.3, 0.4) is 0 Å². The van der Waals surface area contributed by atoms with E-state index in [1.54, 1.807) is 0 Å². The number of halogens is 1. The van der Waals surface area contributed by atoms with Gasteiger partial charge in [-0.3, -0.25) is 0 Å². The summed E-state index contributed by atoms with van der Waals surface area (Å²) in [4.78, 5) is 0. The van der Waals surface area contributed by atoms with Crippen LogP contribution in [0, 0.1) is 0 Å². The van der Waals surface area contributed by atoms with E-state index in [0.717, 1.165) is 35.9 Å². The second-order valence-corrected chi connectivity index (χ2v) is 5.31. The van der Waals surface area contributed by atoms with E-state index in [0.29, 0.717) is 0 Å². The maximum Gasteiger partial charge on any atom is 0.124 e. The fraction of sp³-hybridized carbons (Fsp3) is 0.625. The van der Waals surface area contributed by atoms with E-state index in [2.05, 4.69) is 26.1 Å². The van der Waals surface area contributed by atoms with Crippen LogP contribution < -0.4 is 10.1 Å². The average Bonchev–Trinajstić information content (AvgIpc) is 2.40. The van der Waals surface area contributed by atoms with Crippen LogP contribution in [0.2, 0.25) is 5.02 Å². The summed E-state index contributed by atoms with van der Waals surface area (Å²) in [6, 6.07) is 6.13. The smallest absolute Gasteiger partial charge is 0.124 e. The van der Waals surface area contributed by atoms with Crippen LogP contribution in [-0.4, -0.2) is 13.2 Å². The van der Waals surface area contributed by atoms with E-state index in [4.69, 9.17) is 16.3 Å². The van der Waals surface area contributed by atoms with E-state index in [9.17, 15) is 0 Å². The lowest BCUT2D eigenvalue weighted by atomic mass is 10.1. The first-order valence-electron chi connectivity index (χ1n) is 7.34. The lowest BCUT2D eigenvalue weighted by molar-refractivity contribution is 0.299. The first kappa shape index (κ1) is 16.3. The Hall–Kier alpha value is -0.730. The summed E-state index contributed by atoms with van der Waals surface area (Å²) < 4.78 is 5.91. The molecule has 0 amide bonds. The van der Waals surface area contributed by atoms with Gasteiger partial charge in [-0.2, -0.15) is 0 Å². The summed E-state index contributed by atoms with van der Waals surface area (Å²) in [7, 11) is 0. The van der Waals surface area contributed by atoms with Crippen LogP contribution in [0.15, 0.2) is 18.2 Å². The average molecular weight is 284 g/mol. The third-order valence-corrected chi connectivity index (χ3v) is 3.44. The number of hydrogen-bond donors (Lipinski definition) is 1. The van der Waals surface area contributed by atoms with E-state index in [-0.39, 0.29) is 6.04 Å². The summed E-state index contributed by atoms with van der Waals surface area (Å²) in [5.41, 5.74) is 1.14. The summed E-state index contributed by atoms with van der Waals surface area (Å²) in [5, 5.41) is 4.16. The molecule has 0 aliphatic carbocycles. The van der Waals surface area contributed by atoms with Gasteiger partial charge in [0.05, 0.1) is 6.61 Å². The van der Waals surface area contributed by atoms with Gasteiger partial charge >= 0.3 is 0 Å². The molecule has 2 nitrogen and oxygen atoms in total. The predicted molar refractivity (Wildman–Crippen MR) is 83.2 cm³/mol. The molecule has 19 heavy (non-hydrogen) atoms. The third-order valence-electron chi connectivity index (χ3n) is 3.20. The SMILES string of the molecule is CCCCCCOc1ccc(Cl)cc1C(C)NCC. The van der Waals surface area contributed by atoms with Crippen LogP contribution >= 0.6 is 11.6 Å². The van der Waals surface area contributed by atoms with E-state index in [1.165, 1.54) is 19.3 Å². The van der Waals surface area contributed by atoms with Crippen molar-refractivity contribution in [1.29, 1.82) is 0 Å². The lowest BCUT2D eigenvalue weighted by Crippen LogP contribution is -2.18. The topological polar surface area (TPSA) is 21.3 Å². The largest absolute Gasteiger partial charge is 0.493 e. The molecule has 108 valence electrons. The van der Waals surface area contributed by atoms with Gasteiger partial charge in [-0.15, -0.1) is 0 Å². The van der Waals surface area contributed by atoms with Gasteiger partial charge in [0.15, 0.2) is 0 Å². The number of unbranched alkanes of at least 4 members (excludes halogenated alkanes) is 3. The molecule has 1 unspecified atom stereocenters. The van der Waals surface area contributed by atoms with Gasteiger partial charge in [0, 0.05) is 16.6 Å². The number of benzene rings is 1. The van der Waals surface area contributed by atoms with Gasteiger partial charge in [0.2, 0.25) is 0 Å². The van der Waals surface area contributed by atoms with Gasteiger partial charge in [-0.1, -0.05) is 44.7 Å². The molecule has 1 atom stereocenters. The standard InChI is InChI=1S/C16H26ClNO/c1-4-6-7-8-11-19-16-10-9-14(17)12-15(16)13(3)18-5-2/h9-10,12-13,18H,4-8,11H2,1-3H3. The highest BCUT2D eigenvalue weighted by Crippen LogP contribution is 2.28. The Morgan fingerprint density at radius 3 is 2.68 bits per heavy atom. The Labute approximate surface area is 122 Å². The van der Waals surface area contributed by atoms with E-state index >= 15 is 0 Å². The highest BCUT2D eigenvalue weighted by atomic mass is 35.5. The molecule has 1 N–H and O–H groups in total. The number of rotatable bonds is 9. The Bertz CT molecular complexity index is 368. The van der Waals surface area contributed by atoms with Crippen molar-refractivity contribution in [1.82, 2.24) is 5.32 Å². The number of nitrogens with one attached hydrogen (secondary N) is 1. The van der Waals surface area contributed by atoms with Crippen LogP contribution in [-0.2, 0) is 0 Å². The molecule has 0 aliphatic heterocycles. The van der Waals surface area contributed by atoms with Crippen molar-refractivity contribution in [2.24, 2.45) is 0 Å². The van der Waals surface area contributed by atoms with Crippen molar-refractivity contribution < 1.29 is 4.74 Å². The Kier molecular flexibility index (Phi) is 7.92. The second-order valence-electron chi connectivity index (χ2n) is 4.87. The second kappa shape index (κ2) is 9.22. The Morgan fingerprint density at radius 1 is 1.21 bits per heavy atom. The fourth-order valence-corrected chi connectivity index (χ4v) is 2.30. The zero-order chi connectivity index (χ0) is 14.1. The van der Waals surface area contributed by atoms with Crippen LogP contribution in [0.5, 0.6) is 5.75 Å². The molecule has 0 radical (unpaired) electrons. The fourth-order valence-electron chi connectivity index (χ4n) is 2.12. The molecule has 0 spiro atoms. The van der Waals surface area contributed by atoms with E-state index in [1.807, 2.05) is 18.2 Å². The Morgan fingerprint density at radius 2 is 2.00 bits per heavy atom. The minimum Gasteiger partial charge on any atom is -0.493 e. The molecule has 1 rings (SSSR count). The zero-order valence-electron chi connectivity index (χ0n) is 12.3. The van der Waals surface area contributed by atoms with Gasteiger partial charge in [0.1, 0.15) is 5.75 Å². The molecule has 0 heterocycles. The predicted octanol–water partition coefficient (Wildman–Crippen LogP) is 4.97. The molecule has 0 saturated carbocycles. The molecule has 0 bridgehead atoms. The maximum atomic E-state index is 6.08. The molecule has 1 aromatic rings. The number of hydrogen-bond acceptors (Lipinski definition) is 2. The minimum atomic E-state index is 0.259. The first-order valence-corrected chi connectivity index (χ1v) is 7.72. The van der Waals surface area contributed by atoms with Crippen molar-refractivity contribution in [3.05, 3.63) is 28.8 Å². The molecule has 0 saturated heterocycles. The van der Waals surface area contributed by atoms with Gasteiger partial charge in [-0.05, 0) is 38.1 Å². The molecule has 0 fully saturated rings. The summed E-state index contributed by atoms with van der Waals surface area (Å²) in [6.07, 6.45) is 4.89. The van der Waals surface area contributed by atoms with Crippen LogP contribution in [0.25, 0.3) is 0 Å². The number of ether oxygens (including phenoxy) is 1. The minimum absolute atomic E-state index is 0.259. The summed E-state index contributed by atoms with van der Waals surface area (Å²) in [6.45, 7) is 8.18. The van der Waals surface area contributed by atoms with Crippen molar-refractivity contribution in [3.8, 4) is 5.75 Å². The normalized spacial score (nSPS) is 12.4. The molecule has 0 aliphatic rings. The van der Waals surface area contributed by atoms with Gasteiger partial charge in [0.25, 0.3) is 0 Å². The van der Waals surface area contributed by atoms with Crippen molar-refractivity contribution in [3.63, 3.8) is 0 Å². The monoisotopic (exact) mass is 283 g/mol. The maximum absolute atomic E-state index is 6.08. The first-order chi connectivity index (χ1) is 9.19. The van der Waals surface area contributed by atoms with Gasteiger partial charge in [-0.25, -0.2) is 0 Å². The highest BCUT2D eigenvalue weighted by Gasteiger charge is 2.11. The lowest BCUT2D eigenvalue weighted by Gasteiger charge is -2.18. The van der Waals surface area contributed by atoms with Crippen molar-refractivity contribution >= 4 is 11.6 Å². The summed E-state index contributed by atoms with van der Waals surface area (Å²) >= 11 is 6.08. The third kappa shape index (κ3) is 5.84. The van der Waals surface area contributed by atoms with Crippen molar-refractivity contribution in [2.75, 3.05) is 13.2 Å². The molecule has 1 aromatic carbocycles.